The van der Waals surface area contributed by atoms with E-state index in [1.54, 1.807) is 0 Å². The van der Waals surface area contributed by atoms with Crippen molar-refractivity contribution in [3.05, 3.63) is 23.8 Å². The Hall–Kier alpha value is -2.11. The minimum absolute atomic E-state index is 0.334. The lowest BCUT2D eigenvalue weighted by atomic mass is 9.86. The van der Waals surface area contributed by atoms with Crippen LogP contribution in [0, 0.1) is 12.8 Å². The molecule has 3 heterocycles. The highest BCUT2D eigenvalue weighted by Gasteiger charge is 2.25. The molecule has 0 N–H and O–H groups in total. The first-order valence-corrected chi connectivity index (χ1v) is 9.94. The molecule has 1 amide bonds. The van der Waals surface area contributed by atoms with Gasteiger partial charge >= 0.3 is 0 Å². The van der Waals surface area contributed by atoms with Crippen molar-refractivity contribution >= 4 is 5.91 Å². The standard InChI is InChI=1S/C20H29N5O/c1-15-13-22-23(2)20(15)17-14-21-18-8-9-24(10-11-25(17)18)19(26)12-16-6-4-3-5-7-16/h13-14,16H,3-12H2,1-2H3. The average molecular weight is 355 g/mol. The van der Waals surface area contributed by atoms with Gasteiger partial charge < -0.3 is 9.47 Å². The summed E-state index contributed by atoms with van der Waals surface area (Å²) < 4.78 is 4.19. The van der Waals surface area contributed by atoms with Crippen molar-refractivity contribution < 1.29 is 4.79 Å². The Labute approximate surface area is 155 Å². The third-order valence-electron chi connectivity index (χ3n) is 6.04. The van der Waals surface area contributed by atoms with E-state index in [0.29, 0.717) is 11.8 Å². The maximum Gasteiger partial charge on any atom is 0.222 e. The van der Waals surface area contributed by atoms with E-state index < -0.39 is 0 Å². The van der Waals surface area contributed by atoms with Crippen molar-refractivity contribution in [2.75, 3.05) is 13.1 Å². The van der Waals surface area contributed by atoms with Gasteiger partial charge in [-0.05, 0) is 31.2 Å². The summed E-state index contributed by atoms with van der Waals surface area (Å²) in [6.45, 7) is 4.45. The smallest absolute Gasteiger partial charge is 0.222 e. The predicted molar refractivity (Wildman–Crippen MR) is 101 cm³/mol. The third kappa shape index (κ3) is 3.29. The third-order valence-corrected chi connectivity index (χ3v) is 6.04. The molecule has 6 nitrogen and oxygen atoms in total. The second-order valence-electron chi connectivity index (χ2n) is 7.85. The number of nitrogens with zero attached hydrogens (tertiary/aromatic N) is 5. The van der Waals surface area contributed by atoms with E-state index in [0.717, 1.165) is 55.3 Å². The van der Waals surface area contributed by atoms with Crippen LogP contribution in [-0.2, 0) is 24.8 Å². The number of carbonyl (C=O) groups excluding carboxylic acids is 1. The fourth-order valence-corrected chi connectivity index (χ4v) is 4.55. The topological polar surface area (TPSA) is 56.0 Å². The summed E-state index contributed by atoms with van der Waals surface area (Å²) >= 11 is 0. The quantitative estimate of drug-likeness (QED) is 0.850. The first-order chi connectivity index (χ1) is 12.6. The second kappa shape index (κ2) is 7.25. The number of rotatable bonds is 3. The maximum absolute atomic E-state index is 12.8. The lowest BCUT2D eigenvalue weighted by molar-refractivity contribution is -0.132. The van der Waals surface area contributed by atoms with E-state index >= 15 is 0 Å². The summed E-state index contributed by atoms with van der Waals surface area (Å²) in [6.07, 6.45) is 11.8. The largest absolute Gasteiger partial charge is 0.340 e. The monoisotopic (exact) mass is 355 g/mol. The fourth-order valence-electron chi connectivity index (χ4n) is 4.55. The molecule has 26 heavy (non-hydrogen) atoms. The van der Waals surface area contributed by atoms with Crippen LogP contribution in [0.4, 0.5) is 0 Å². The number of aromatic nitrogens is 4. The van der Waals surface area contributed by atoms with Crippen LogP contribution in [0.15, 0.2) is 12.4 Å². The molecule has 0 unspecified atom stereocenters. The molecular formula is C20H29N5O. The molecule has 0 radical (unpaired) electrons. The van der Waals surface area contributed by atoms with Crippen LogP contribution in [0.25, 0.3) is 11.4 Å². The zero-order valence-corrected chi connectivity index (χ0v) is 15.9. The van der Waals surface area contributed by atoms with Gasteiger partial charge in [0.25, 0.3) is 0 Å². The van der Waals surface area contributed by atoms with Crippen LogP contribution in [0.3, 0.4) is 0 Å². The highest BCUT2D eigenvalue weighted by Crippen LogP contribution is 2.28. The molecule has 0 aromatic carbocycles. The molecule has 2 aromatic rings. The van der Waals surface area contributed by atoms with Crippen LogP contribution in [0.1, 0.15) is 49.9 Å². The van der Waals surface area contributed by atoms with Gasteiger partial charge in [0, 0.05) is 39.5 Å². The molecule has 2 aromatic heterocycles. The number of fused-ring (bicyclic) bond motifs is 1. The van der Waals surface area contributed by atoms with Crippen molar-refractivity contribution in [3.63, 3.8) is 0 Å². The van der Waals surface area contributed by atoms with E-state index in [1.165, 1.54) is 32.1 Å². The molecule has 4 rings (SSSR count). The zero-order valence-electron chi connectivity index (χ0n) is 15.9. The van der Waals surface area contributed by atoms with Gasteiger partial charge in [0.05, 0.1) is 23.8 Å². The van der Waals surface area contributed by atoms with Gasteiger partial charge in [-0.1, -0.05) is 19.3 Å². The first-order valence-electron chi connectivity index (χ1n) is 9.94. The minimum atomic E-state index is 0.334. The molecule has 0 saturated heterocycles. The van der Waals surface area contributed by atoms with Crippen LogP contribution in [0.5, 0.6) is 0 Å². The minimum Gasteiger partial charge on any atom is -0.340 e. The molecule has 1 aliphatic heterocycles. The molecular weight excluding hydrogens is 326 g/mol. The Morgan fingerprint density at radius 3 is 2.69 bits per heavy atom. The zero-order chi connectivity index (χ0) is 18.1. The van der Waals surface area contributed by atoms with Gasteiger partial charge in [-0.25, -0.2) is 4.98 Å². The number of amides is 1. The van der Waals surface area contributed by atoms with E-state index in [9.17, 15) is 4.79 Å². The van der Waals surface area contributed by atoms with Crippen molar-refractivity contribution in [2.24, 2.45) is 13.0 Å². The molecule has 0 bridgehead atoms. The van der Waals surface area contributed by atoms with Gasteiger partial charge in [-0.15, -0.1) is 0 Å². The SMILES string of the molecule is Cc1cnn(C)c1-c1cnc2n1CCN(C(=O)CC1CCCCC1)CC2. The summed E-state index contributed by atoms with van der Waals surface area (Å²) in [5.74, 6) is 2.01. The lowest BCUT2D eigenvalue weighted by Crippen LogP contribution is -2.35. The molecule has 6 heteroatoms. The Morgan fingerprint density at radius 1 is 1.15 bits per heavy atom. The first kappa shape index (κ1) is 17.3. The number of hydrogen-bond donors (Lipinski definition) is 0. The Morgan fingerprint density at radius 2 is 1.96 bits per heavy atom. The molecule has 1 aliphatic carbocycles. The highest BCUT2D eigenvalue weighted by molar-refractivity contribution is 5.76. The van der Waals surface area contributed by atoms with Gasteiger partial charge in [0.1, 0.15) is 5.82 Å². The average Bonchev–Trinajstić information content (AvgIpc) is 3.10. The van der Waals surface area contributed by atoms with Crippen molar-refractivity contribution in [3.8, 4) is 11.4 Å². The molecule has 0 atom stereocenters. The molecule has 0 spiro atoms. The summed E-state index contributed by atoms with van der Waals surface area (Å²) in [7, 11) is 1.97. The van der Waals surface area contributed by atoms with E-state index in [1.807, 2.05) is 24.1 Å². The number of hydrogen-bond acceptors (Lipinski definition) is 3. The summed E-state index contributed by atoms with van der Waals surface area (Å²) in [4.78, 5) is 19.5. The molecule has 1 fully saturated rings. The van der Waals surface area contributed by atoms with Crippen LogP contribution >= 0.6 is 0 Å². The predicted octanol–water partition coefficient (Wildman–Crippen LogP) is 2.95. The number of imidazole rings is 1. The van der Waals surface area contributed by atoms with Gasteiger partial charge in [0.15, 0.2) is 0 Å². The van der Waals surface area contributed by atoms with E-state index in [2.05, 4.69) is 26.5 Å². The highest BCUT2D eigenvalue weighted by atomic mass is 16.2. The van der Waals surface area contributed by atoms with E-state index in [-0.39, 0.29) is 0 Å². The van der Waals surface area contributed by atoms with Gasteiger partial charge in [-0.2, -0.15) is 5.10 Å². The van der Waals surface area contributed by atoms with Crippen molar-refractivity contribution in [1.29, 1.82) is 0 Å². The molecule has 140 valence electrons. The van der Waals surface area contributed by atoms with Crippen molar-refractivity contribution in [1.82, 2.24) is 24.2 Å². The molecule has 1 saturated carbocycles. The van der Waals surface area contributed by atoms with E-state index in [4.69, 9.17) is 0 Å². The van der Waals surface area contributed by atoms with Gasteiger partial charge in [0.2, 0.25) is 5.91 Å². The summed E-state index contributed by atoms with van der Waals surface area (Å²) in [5, 5.41) is 4.36. The van der Waals surface area contributed by atoms with Crippen LogP contribution in [0.2, 0.25) is 0 Å². The number of aryl methyl sites for hydroxylation is 2. The second-order valence-corrected chi connectivity index (χ2v) is 7.85. The molecule has 2 aliphatic rings. The summed E-state index contributed by atoms with van der Waals surface area (Å²) in [6, 6.07) is 0. The van der Waals surface area contributed by atoms with Crippen molar-refractivity contribution in [2.45, 2.75) is 58.4 Å². The fraction of sp³-hybridized carbons (Fsp3) is 0.650. The number of carbonyl (C=O) groups is 1. The maximum atomic E-state index is 12.8. The van der Waals surface area contributed by atoms with Gasteiger partial charge in [-0.3, -0.25) is 9.48 Å². The Bertz CT molecular complexity index is 765. The summed E-state index contributed by atoms with van der Waals surface area (Å²) in [5.41, 5.74) is 3.38. The lowest BCUT2D eigenvalue weighted by Gasteiger charge is -2.25. The Balaban J connectivity index is 1.47. The Kier molecular flexibility index (Phi) is 4.83. The van der Waals surface area contributed by atoms with Crippen LogP contribution < -0.4 is 0 Å². The van der Waals surface area contributed by atoms with Crippen LogP contribution in [-0.4, -0.2) is 43.2 Å². The normalized spacial score (nSPS) is 18.6.